The lowest BCUT2D eigenvalue weighted by atomic mass is 9.59. The Morgan fingerprint density at radius 2 is 1.77 bits per heavy atom. The van der Waals surface area contributed by atoms with Crippen LogP contribution in [0, 0.1) is 27.4 Å². The number of ether oxygens (including phenoxy) is 3. The topological polar surface area (TPSA) is 184 Å². The molecule has 11 rings (SSSR count). The van der Waals surface area contributed by atoms with Crippen molar-refractivity contribution in [1.29, 1.82) is 0 Å². The molecule has 7 heterocycles. The van der Waals surface area contributed by atoms with Crippen molar-refractivity contribution in [2.45, 2.75) is 94.2 Å². The number of pyridine rings is 1. The number of piperidine rings is 1. The lowest BCUT2D eigenvalue weighted by Crippen LogP contribution is -2.55. The summed E-state index contributed by atoms with van der Waals surface area (Å²) in [6.07, 6.45) is 10.2. The number of carbonyl (C=O) groups excluding carboxylic acids is 1. The van der Waals surface area contributed by atoms with E-state index in [9.17, 15) is 23.3 Å². The van der Waals surface area contributed by atoms with E-state index in [1.807, 2.05) is 35.4 Å². The van der Waals surface area contributed by atoms with Gasteiger partial charge in [0, 0.05) is 80.7 Å². The van der Waals surface area contributed by atoms with Gasteiger partial charge in [0.2, 0.25) is 5.88 Å². The summed E-state index contributed by atoms with van der Waals surface area (Å²) in [4.78, 5) is 41.2. The summed E-state index contributed by atoms with van der Waals surface area (Å²) in [5.74, 6) is 0.213. The highest BCUT2D eigenvalue weighted by atomic mass is 32.2. The first kappa shape index (κ1) is 45.7. The highest BCUT2D eigenvalue weighted by Crippen LogP contribution is 2.54. The number of hydrogen-bond donors (Lipinski definition) is 3. The number of sulfonamides is 1. The van der Waals surface area contributed by atoms with Crippen molar-refractivity contribution in [2.24, 2.45) is 17.3 Å². The maximum atomic E-state index is 14.6. The van der Waals surface area contributed by atoms with Crippen LogP contribution in [0.15, 0.2) is 83.9 Å². The number of aromatic amines is 1. The molecule has 5 aliphatic heterocycles. The molecule has 0 unspecified atom stereocenters. The third kappa shape index (κ3) is 8.91. The van der Waals surface area contributed by atoms with Crippen LogP contribution in [-0.4, -0.2) is 105 Å². The van der Waals surface area contributed by atoms with Crippen LogP contribution in [0.2, 0.25) is 0 Å². The number of anilines is 4. The number of nitro benzene ring substituents is 1. The van der Waals surface area contributed by atoms with E-state index in [0.717, 1.165) is 62.5 Å². The van der Waals surface area contributed by atoms with Crippen LogP contribution in [0.25, 0.3) is 11.0 Å². The van der Waals surface area contributed by atoms with Crippen molar-refractivity contribution in [3.8, 4) is 5.88 Å². The first-order chi connectivity index (χ1) is 33.4. The molecule has 1 amide bonds. The second-order valence-corrected chi connectivity index (χ2v) is 22.2. The molecular weight excluding hydrogens is 897 g/mol. The normalized spacial score (nSPS) is 23.1. The average molecular weight is 959 g/mol. The SMILES string of the molecule is CC(C)c1ccccc1[C@@H]1CCCN1C1CC2(CCN(c3ccc(C(=O)NS(=O)(=O)c4ccc(NCC5CCOCC5)c([N+](=O)[O-])c4)c(N4C[C@H]5COC[C@@H]5Oc5nc6[nH]ccc6cc54)c3)CC2)C1. The molecule has 1 aliphatic carbocycles. The van der Waals surface area contributed by atoms with Gasteiger partial charge >= 0.3 is 0 Å². The van der Waals surface area contributed by atoms with E-state index in [2.05, 4.69) is 62.9 Å². The standard InChI is InChI=1S/C52H62N8O8S/c1-33(2)40-6-3-4-7-41(40)44-8-5-19-58(44)38-27-52(28-38)16-20-57(21-17-52)37-9-11-42(45(25-37)59-30-36-31-67-32-48(36)68-51-47(59)24-35-13-18-53-49(35)55-51)50(61)56-69(64,65)39-10-12-43(46(26-39)60(62)63)54-29-34-14-22-66-23-15-34/h3-4,6-7,9-13,18,24-26,33-34,36,38,44,48,54H,5,8,14-17,19-23,27-32H2,1-2H3,(H,53,55)(H,56,61)/t36-,44-,48-/m0/s1. The van der Waals surface area contributed by atoms with Crippen LogP contribution in [0.4, 0.5) is 28.4 Å². The number of aromatic nitrogens is 2. The molecule has 17 heteroatoms. The second kappa shape index (κ2) is 18.5. The van der Waals surface area contributed by atoms with E-state index < -0.39 is 31.4 Å². The number of benzene rings is 3. The zero-order valence-corrected chi connectivity index (χ0v) is 40.2. The summed E-state index contributed by atoms with van der Waals surface area (Å²) in [5, 5.41) is 16.3. The predicted octanol–water partition coefficient (Wildman–Crippen LogP) is 8.68. The Balaban J connectivity index is 0.867. The zero-order valence-electron chi connectivity index (χ0n) is 39.4. The summed E-state index contributed by atoms with van der Waals surface area (Å²) in [7, 11) is -4.58. The maximum Gasteiger partial charge on any atom is 0.293 e. The van der Waals surface area contributed by atoms with Crippen molar-refractivity contribution >= 4 is 55.4 Å². The lowest BCUT2D eigenvalue weighted by Gasteiger charge is -2.56. The monoisotopic (exact) mass is 958 g/mol. The molecule has 16 nitrogen and oxygen atoms in total. The summed E-state index contributed by atoms with van der Waals surface area (Å²) in [5.41, 5.74) is 5.94. The van der Waals surface area contributed by atoms with Crippen LogP contribution in [0.5, 0.6) is 5.88 Å². The Bertz CT molecular complexity index is 2850. The fourth-order valence-electron chi connectivity index (χ4n) is 12.1. The van der Waals surface area contributed by atoms with Gasteiger partial charge in [-0.3, -0.25) is 19.8 Å². The van der Waals surface area contributed by atoms with E-state index in [4.69, 9.17) is 19.2 Å². The minimum atomic E-state index is -4.58. The Kier molecular flexibility index (Phi) is 12.3. The van der Waals surface area contributed by atoms with Crippen molar-refractivity contribution in [3.05, 3.63) is 106 Å². The second-order valence-electron chi connectivity index (χ2n) is 20.5. The van der Waals surface area contributed by atoms with Gasteiger partial charge in [0.15, 0.2) is 0 Å². The van der Waals surface area contributed by atoms with E-state index >= 15 is 0 Å². The predicted molar refractivity (Wildman–Crippen MR) is 264 cm³/mol. The summed E-state index contributed by atoms with van der Waals surface area (Å²) in [6, 6.07) is 23.3. The van der Waals surface area contributed by atoms with E-state index in [1.165, 1.54) is 48.9 Å². The minimum Gasteiger partial charge on any atom is -0.470 e. The molecule has 5 fully saturated rings. The Hall–Kier alpha value is -5.75. The number of likely N-dealkylation sites (tertiary alicyclic amines) is 1. The highest BCUT2D eigenvalue weighted by molar-refractivity contribution is 7.90. The minimum absolute atomic E-state index is 0.0737. The average Bonchev–Trinajstić information content (AvgIpc) is 4.12. The van der Waals surface area contributed by atoms with Gasteiger partial charge in [0.25, 0.3) is 21.6 Å². The molecule has 364 valence electrons. The highest BCUT2D eigenvalue weighted by Gasteiger charge is 2.50. The van der Waals surface area contributed by atoms with Crippen LogP contribution >= 0.6 is 0 Å². The number of nitrogens with one attached hydrogen (secondary N) is 3. The largest absolute Gasteiger partial charge is 0.470 e. The number of carbonyl (C=O) groups is 1. The first-order valence-corrected chi connectivity index (χ1v) is 26.3. The number of amides is 1. The fourth-order valence-corrected chi connectivity index (χ4v) is 13.1. The van der Waals surface area contributed by atoms with Crippen LogP contribution < -0.4 is 24.6 Å². The van der Waals surface area contributed by atoms with Crippen molar-refractivity contribution in [2.75, 3.05) is 74.3 Å². The molecule has 3 N–H and O–H groups in total. The molecule has 1 spiro atoms. The van der Waals surface area contributed by atoms with Crippen LogP contribution in [-0.2, 0) is 19.5 Å². The molecular formula is C52H62N8O8S. The summed E-state index contributed by atoms with van der Waals surface area (Å²) >= 11 is 0. The number of fused-ring (bicyclic) bond motifs is 3. The van der Waals surface area contributed by atoms with E-state index in [-0.39, 0.29) is 29.2 Å². The van der Waals surface area contributed by atoms with Crippen molar-refractivity contribution in [1.82, 2.24) is 19.6 Å². The number of H-pyrrole nitrogens is 1. The zero-order chi connectivity index (χ0) is 47.4. The molecule has 69 heavy (non-hydrogen) atoms. The summed E-state index contributed by atoms with van der Waals surface area (Å²) < 4.78 is 48.4. The fraction of sp³-hybridized carbons (Fsp3) is 0.500. The maximum absolute atomic E-state index is 14.6. The summed E-state index contributed by atoms with van der Waals surface area (Å²) in [6.45, 7) is 10.5. The molecule has 3 atom stereocenters. The molecule has 0 bridgehead atoms. The number of nitrogens with zero attached hydrogens (tertiary/aromatic N) is 5. The molecule has 5 aromatic rings. The molecule has 2 aromatic heterocycles. The van der Waals surface area contributed by atoms with Gasteiger partial charge in [-0.15, -0.1) is 0 Å². The number of hydrogen-bond acceptors (Lipinski definition) is 13. The number of nitro groups is 1. The van der Waals surface area contributed by atoms with Crippen LogP contribution in [0.1, 0.15) is 98.7 Å². The first-order valence-electron chi connectivity index (χ1n) is 24.8. The Morgan fingerprint density at radius 1 is 0.957 bits per heavy atom. The quantitative estimate of drug-likeness (QED) is 0.0798. The number of rotatable bonds is 12. The van der Waals surface area contributed by atoms with Crippen LogP contribution in [0.3, 0.4) is 0 Å². The molecule has 1 saturated carbocycles. The third-order valence-electron chi connectivity index (χ3n) is 16.0. The molecule has 4 saturated heterocycles. The van der Waals surface area contributed by atoms with Gasteiger partial charge in [0.05, 0.1) is 34.3 Å². The third-order valence-corrected chi connectivity index (χ3v) is 17.3. The van der Waals surface area contributed by atoms with Gasteiger partial charge < -0.3 is 34.3 Å². The van der Waals surface area contributed by atoms with Gasteiger partial charge in [-0.2, -0.15) is 4.98 Å². The van der Waals surface area contributed by atoms with Gasteiger partial charge in [0.1, 0.15) is 23.1 Å². The van der Waals surface area contributed by atoms with Gasteiger partial charge in [-0.25, -0.2) is 13.1 Å². The molecule has 6 aliphatic rings. The lowest BCUT2D eigenvalue weighted by molar-refractivity contribution is -0.384. The van der Waals surface area contributed by atoms with Crippen molar-refractivity contribution < 1.29 is 32.3 Å². The Labute approximate surface area is 403 Å². The van der Waals surface area contributed by atoms with Gasteiger partial charge in [-0.05, 0) is 129 Å². The Morgan fingerprint density at radius 3 is 2.57 bits per heavy atom. The molecule has 0 radical (unpaired) electrons. The van der Waals surface area contributed by atoms with Gasteiger partial charge in [-0.1, -0.05) is 38.1 Å². The van der Waals surface area contributed by atoms with E-state index in [1.54, 1.807) is 6.07 Å². The van der Waals surface area contributed by atoms with Crippen molar-refractivity contribution in [3.63, 3.8) is 0 Å². The molecule has 3 aromatic carbocycles. The smallest absolute Gasteiger partial charge is 0.293 e. The van der Waals surface area contributed by atoms with E-state index in [0.29, 0.717) is 85.8 Å².